The predicted octanol–water partition coefficient (Wildman–Crippen LogP) is 2.28. The van der Waals surface area contributed by atoms with Crippen LogP contribution in [-0.2, 0) is 0 Å². The number of nitrogens with one attached hydrogen (secondary N) is 1. The van der Waals surface area contributed by atoms with Gasteiger partial charge in [-0.2, -0.15) is 0 Å². The van der Waals surface area contributed by atoms with Crippen molar-refractivity contribution in [3.05, 3.63) is 30.3 Å². The van der Waals surface area contributed by atoms with Gasteiger partial charge in [-0.1, -0.05) is 25.1 Å². The molecule has 4 heteroatoms. The molecule has 0 unspecified atom stereocenters. The average Bonchev–Trinajstić information content (AvgIpc) is 2.35. The Morgan fingerprint density at radius 3 is 2.59 bits per heavy atom. The molecule has 0 radical (unpaired) electrons. The van der Waals surface area contributed by atoms with Crippen molar-refractivity contribution in [2.24, 2.45) is 5.73 Å². The number of anilines is 1. The molecule has 0 aromatic heterocycles. The van der Waals surface area contributed by atoms with Gasteiger partial charge in [-0.05, 0) is 31.5 Å². The normalized spacial score (nSPS) is 10.0. The molecular formula is C13H21N3O. The molecule has 17 heavy (non-hydrogen) atoms. The van der Waals surface area contributed by atoms with Gasteiger partial charge in [0.15, 0.2) is 0 Å². The summed E-state index contributed by atoms with van der Waals surface area (Å²) in [5, 5.41) is 2.88. The molecule has 2 amide bonds. The largest absolute Gasteiger partial charge is 0.330 e. The van der Waals surface area contributed by atoms with Crippen LogP contribution in [-0.4, -0.2) is 30.6 Å². The van der Waals surface area contributed by atoms with Gasteiger partial charge in [0, 0.05) is 18.8 Å². The van der Waals surface area contributed by atoms with E-state index in [0.29, 0.717) is 13.1 Å². The Morgan fingerprint density at radius 1 is 1.29 bits per heavy atom. The molecule has 1 rings (SSSR count). The van der Waals surface area contributed by atoms with Gasteiger partial charge in [0.1, 0.15) is 0 Å². The van der Waals surface area contributed by atoms with Gasteiger partial charge in [-0.15, -0.1) is 0 Å². The minimum atomic E-state index is -0.0495. The van der Waals surface area contributed by atoms with Crippen LogP contribution in [0.2, 0.25) is 0 Å². The first-order valence-electron chi connectivity index (χ1n) is 6.09. The highest BCUT2D eigenvalue weighted by Crippen LogP contribution is 2.07. The zero-order chi connectivity index (χ0) is 12.5. The van der Waals surface area contributed by atoms with Crippen LogP contribution >= 0.6 is 0 Å². The molecule has 0 spiro atoms. The number of nitrogens with two attached hydrogens (primary N) is 1. The standard InChI is InChI=1S/C13H21N3O/c1-2-10-16(11-6-9-14)13(17)15-12-7-4-3-5-8-12/h3-5,7-8H,2,6,9-11,14H2,1H3,(H,15,17). The fourth-order valence-corrected chi connectivity index (χ4v) is 1.59. The van der Waals surface area contributed by atoms with Crippen LogP contribution in [0.15, 0.2) is 30.3 Å². The molecule has 0 saturated heterocycles. The highest BCUT2D eigenvalue weighted by molar-refractivity contribution is 5.89. The van der Waals surface area contributed by atoms with Gasteiger partial charge in [0.25, 0.3) is 0 Å². The topological polar surface area (TPSA) is 58.4 Å². The van der Waals surface area contributed by atoms with E-state index in [2.05, 4.69) is 12.2 Å². The maximum Gasteiger partial charge on any atom is 0.321 e. The summed E-state index contributed by atoms with van der Waals surface area (Å²) in [6, 6.07) is 9.44. The van der Waals surface area contributed by atoms with Crippen molar-refractivity contribution in [3.8, 4) is 0 Å². The van der Waals surface area contributed by atoms with E-state index in [-0.39, 0.29) is 6.03 Å². The maximum absolute atomic E-state index is 12.0. The first-order valence-corrected chi connectivity index (χ1v) is 6.09. The van der Waals surface area contributed by atoms with Crippen molar-refractivity contribution in [1.82, 2.24) is 4.90 Å². The van der Waals surface area contributed by atoms with Crippen LogP contribution in [0.5, 0.6) is 0 Å². The number of urea groups is 1. The Hall–Kier alpha value is -1.55. The smallest absolute Gasteiger partial charge is 0.321 e. The number of hydrogen-bond donors (Lipinski definition) is 2. The monoisotopic (exact) mass is 235 g/mol. The van der Waals surface area contributed by atoms with Crippen LogP contribution in [0.4, 0.5) is 10.5 Å². The quantitative estimate of drug-likeness (QED) is 0.794. The van der Waals surface area contributed by atoms with Crippen LogP contribution in [0.3, 0.4) is 0 Å². The van der Waals surface area contributed by atoms with Gasteiger partial charge in [0.05, 0.1) is 0 Å². The van der Waals surface area contributed by atoms with E-state index in [1.807, 2.05) is 30.3 Å². The SMILES string of the molecule is CCCN(CCCN)C(=O)Nc1ccccc1. The molecule has 0 atom stereocenters. The van der Waals surface area contributed by atoms with Gasteiger partial charge in [-0.25, -0.2) is 4.79 Å². The third-order valence-corrected chi connectivity index (χ3v) is 2.44. The molecule has 1 aromatic carbocycles. The van der Waals surface area contributed by atoms with Gasteiger partial charge >= 0.3 is 6.03 Å². The van der Waals surface area contributed by atoms with Crippen molar-refractivity contribution < 1.29 is 4.79 Å². The zero-order valence-electron chi connectivity index (χ0n) is 10.4. The molecule has 94 valence electrons. The summed E-state index contributed by atoms with van der Waals surface area (Å²) in [5.41, 5.74) is 6.29. The number of benzene rings is 1. The lowest BCUT2D eigenvalue weighted by atomic mass is 10.3. The number of hydrogen-bond acceptors (Lipinski definition) is 2. The predicted molar refractivity (Wildman–Crippen MR) is 71.0 cm³/mol. The van der Waals surface area contributed by atoms with Gasteiger partial charge < -0.3 is 16.0 Å². The molecule has 4 nitrogen and oxygen atoms in total. The number of para-hydroxylation sites is 1. The third-order valence-electron chi connectivity index (χ3n) is 2.44. The Morgan fingerprint density at radius 2 is 2.00 bits per heavy atom. The van der Waals surface area contributed by atoms with E-state index in [4.69, 9.17) is 5.73 Å². The number of carbonyl (C=O) groups is 1. The number of nitrogens with zero attached hydrogens (tertiary/aromatic N) is 1. The molecule has 3 N–H and O–H groups in total. The summed E-state index contributed by atoms with van der Waals surface area (Å²) < 4.78 is 0. The minimum absolute atomic E-state index is 0.0495. The number of carbonyl (C=O) groups excluding carboxylic acids is 1. The van der Waals surface area contributed by atoms with Gasteiger partial charge in [0.2, 0.25) is 0 Å². The number of rotatable bonds is 6. The second kappa shape index (κ2) is 7.68. The Kier molecular flexibility index (Phi) is 6.10. The van der Waals surface area contributed by atoms with Crippen LogP contribution in [0, 0.1) is 0 Å². The second-order valence-electron chi connectivity index (χ2n) is 3.93. The summed E-state index contributed by atoms with van der Waals surface area (Å²) in [6.07, 6.45) is 1.79. The van der Waals surface area contributed by atoms with Crippen molar-refractivity contribution >= 4 is 11.7 Å². The van der Waals surface area contributed by atoms with E-state index < -0.39 is 0 Å². The summed E-state index contributed by atoms with van der Waals surface area (Å²) in [5.74, 6) is 0. The first kappa shape index (κ1) is 13.5. The number of amides is 2. The molecular weight excluding hydrogens is 214 g/mol. The van der Waals surface area contributed by atoms with E-state index in [0.717, 1.165) is 25.1 Å². The Labute approximate surface area is 103 Å². The highest BCUT2D eigenvalue weighted by Gasteiger charge is 2.11. The van der Waals surface area contributed by atoms with Crippen LogP contribution in [0.1, 0.15) is 19.8 Å². The summed E-state index contributed by atoms with van der Waals surface area (Å²) in [6.45, 7) is 4.14. The molecule has 0 heterocycles. The molecule has 0 aliphatic carbocycles. The van der Waals surface area contributed by atoms with Crippen molar-refractivity contribution in [1.29, 1.82) is 0 Å². The maximum atomic E-state index is 12.0. The third kappa shape index (κ3) is 4.87. The Balaban J connectivity index is 2.52. The lowest BCUT2D eigenvalue weighted by molar-refractivity contribution is 0.211. The fourth-order valence-electron chi connectivity index (χ4n) is 1.59. The first-order chi connectivity index (χ1) is 8.27. The van der Waals surface area contributed by atoms with E-state index >= 15 is 0 Å². The molecule has 0 aliphatic heterocycles. The van der Waals surface area contributed by atoms with Crippen LogP contribution < -0.4 is 11.1 Å². The molecule has 0 bridgehead atoms. The summed E-state index contributed by atoms with van der Waals surface area (Å²) in [4.78, 5) is 13.8. The van der Waals surface area contributed by atoms with E-state index in [1.165, 1.54) is 0 Å². The lowest BCUT2D eigenvalue weighted by Crippen LogP contribution is -2.37. The van der Waals surface area contributed by atoms with Gasteiger partial charge in [-0.3, -0.25) is 0 Å². The molecule has 0 aliphatic rings. The average molecular weight is 235 g/mol. The summed E-state index contributed by atoms with van der Waals surface area (Å²) in [7, 11) is 0. The highest BCUT2D eigenvalue weighted by atomic mass is 16.2. The van der Waals surface area contributed by atoms with Crippen LogP contribution in [0.25, 0.3) is 0 Å². The lowest BCUT2D eigenvalue weighted by Gasteiger charge is -2.22. The fraction of sp³-hybridized carbons (Fsp3) is 0.462. The molecule has 0 saturated carbocycles. The summed E-state index contributed by atoms with van der Waals surface area (Å²) >= 11 is 0. The van der Waals surface area contributed by atoms with Crippen molar-refractivity contribution in [2.75, 3.05) is 25.0 Å². The second-order valence-corrected chi connectivity index (χ2v) is 3.93. The Bertz CT molecular complexity index is 327. The van der Waals surface area contributed by atoms with Crippen molar-refractivity contribution in [2.45, 2.75) is 19.8 Å². The molecule has 1 aromatic rings. The zero-order valence-corrected chi connectivity index (χ0v) is 10.4. The minimum Gasteiger partial charge on any atom is -0.330 e. The van der Waals surface area contributed by atoms with E-state index in [1.54, 1.807) is 4.90 Å². The molecule has 0 fully saturated rings. The van der Waals surface area contributed by atoms with Crippen molar-refractivity contribution in [3.63, 3.8) is 0 Å². The van der Waals surface area contributed by atoms with E-state index in [9.17, 15) is 4.79 Å².